The lowest BCUT2D eigenvalue weighted by Crippen LogP contribution is -2.49. The van der Waals surface area contributed by atoms with Crippen molar-refractivity contribution in [3.63, 3.8) is 0 Å². The Morgan fingerprint density at radius 1 is 1.24 bits per heavy atom. The molecule has 1 aliphatic heterocycles. The standard InChI is InChI=1S/C20H23ClN2OS/c1-13-15(8-4-9-16(13)21)19-22-17(12-25-19)20(24)23-11-5-7-14-6-2-3-10-18(14)23/h4,8-9,12,14,18H,2-3,5-7,10-11H2,1H3. The molecule has 0 bridgehead atoms. The van der Waals surface area contributed by atoms with Gasteiger partial charge in [0.15, 0.2) is 0 Å². The molecule has 2 heterocycles. The summed E-state index contributed by atoms with van der Waals surface area (Å²) in [6.07, 6.45) is 7.39. The van der Waals surface area contributed by atoms with E-state index >= 15 is 0 Å². The van der Waals surface area contributed by atoms with Gasteiger partial charge in [0.25, 0.3) is 5.91 Å². The minimum Gasteiger partial charge on any atom is -0.334 e. The van der Waals surface area contributed by atoms with Crippen molar-refractivity contribution in [3.05, 3.63) is 39.9 Å². The molecule has 0 N–H and O–H groups in total. The summed E-state index contributed by atoms with van der Waals surface area (Å²) in [4.78, 5) is 19.9. The van der Waals surface area contributed by atoms with Crippen LogP contribution < -0.4 is 0 Å². The van der Waals surface area contributed by atoms with Gasteiger partial charge in [0.05, 0.1) is 0 Å². The first-order valence-corrected chi connectivity index (χ1v) is 10.4. The number of benzene rings is 1. The van der Waals surface area contributed by atoms with E-state index in [-0.39, 0.29) is 5.91 Å². The summed E-state index contributed by atoms with van der Waals surface area (Å²) in [6.45, 7) is 2.88. The Morgan fingerprint density at radius 2 is 2.04 bits per heavy atom. The summed E-state index contributed by atoms with van der Waals surface area (Å²) < 4.78 is 0. The van der Waals surface area contributed by atoms with Crippen molar-refractivity contribution in [1.29, 1.82) is 0 Å². The lowest BCUT2D eigenvalue weighted by molar-refractivity contribution is 0.0386. The Balaban J connectivity index is 1.59. The second-order valence-corrected chi connectivity index (χ2v) is 8.47. The first-order valence-electron chi connectivity index (χ1n) is 9.17. The Labute approximate surface area is 158 Å². The van der Waals surface area contributed by atoms with Crippen LogP contribution in [0.5, 0.6) is 0 Å². The van der Waals surface area contributed by atoms with Crippen LogP contribution in [0.25, 0.3) is 10.6 Å². The number of carbonyl (C=O) groups is 1. The number of hydrogen-bond donors (Lipinski definition) is 0. The van der Waals surface area contributed by atoms with Crippen LogP contribution >= 0.6 is 22.9 Å². The first-order chi connectivity index (χ1) is 12.1. The number of nitrogens with zero attached hydrogens (tertiary/aromatic N) is 2. The molecule has 2 atom stereocenters. The topological polar surface area (TPSA) is 33.2 Å². The fraction of sp³-hybridized carbons (Fsp3) is 0.500. The van der Waals surface area contributed by atoms with Crippen LogP contribution in [0, 0.1) is 12.8 Å². The number of hydrogen-bond acceptors (Lipinski definition) is 3. The normalized spacial score (nSPS) is 23.4. The van der Waals surface area contributed by atoms with Gasteiger partial charge in [-0.2, -0.15) is 0 Å². The highest BCUT2D eigenvalue weighted by molar-refractivity contribution is 7.13. The molecule has 2 aliphatic rings. The number of aromatic nitrogens is 1. The summed E-state index contributed by atoms with van der Waals surface area (Å²) in [7, 11) is 0. The van der Waals surface area contributed by atoms with Crippen LogP contribution in [0.1, 0.15) is 54.6 Å². The molecule has 3 nitrogen and oxygen atoms in total. The van der Waals surface area contributed by atoms with Crippen LogP contribution in [0.15, 0.2) is 23.6 Å². The maximum atomic E-state index is 13.1. The largest absolute Gasteiger partial charge is 0.334 e. The number of fused-ring (bicyclic) bond motifs is 1. The van der Waals surface area contributed by atoms with Crippen LogP contribution in [0.2, 0.25) is 5.02 Å². The van der Waals surface area contributed by atoms with Gasteiger partial charge in [0, 0.05) is 28.6 Å². The lowest BCUT2D eigenvalue weighted by atomic mass is 9.78. The zero-order valence-corrected chi connectivity index (χ0v) is 16.1. The Kier molecular flexibility index (Phi) is 4.83. The molecule has 1 aromatic heterocycles. The Morgan fingerprint density at radius 3 is 2.92 bits per heavy atom. The van der Waals surface area contributed by atoms with Gasteiger partial charge in [-0.1, -0.05) is 36.6 Å². The maximum absolute atomic E-state index is 13.1. The van der Waals surface area contributed by atoms with Crippen LogP contribution in [-0.4, -0.2) is 28.4 Å². The molecular weight excluding hydrogens is 352 g/mol. The quantitative estimate of drug-likeness (QED) is 0.688. The minimum absolute atomic E-state index is 0.110. The molecule has 0 radical (unpaired) electrons. The SMILES string of the molecule is Cc1c(Cl)cccc1-c1nc(C(=O)N2CCCC3CCCCC32)cs1. The average Bonchev–Trinajstić information content (AvgIpc) is 3.13. The monoisotopic (exact) mass is 374 g/mol. The van der Waals surface area contributed by atoms with E-state index in [4.69, 9.17) is 11.6 Å². The molecule has 1 amide bonds. The number of rotatable bonds is 2. The first kappa shape index (κ1) is 17.0. The van der Waals surface area contributed by atoms with Crippen LogP contribution in [0.3, 0.4) is 0 Å². The summed E-state index contributed by atoms with van der Waals surface area (Å²) in [5, 5.41) is 3.52. The highest BCUT2D eigenvalue weighted by Crippen LogP contribution is 2.36. The van der Waals surface area contributed by atoms with Gasteiger partial charge in [-0.05, 0) is 50.2 Å². The molecule has 1 saturated carbocycles. The maximum Gasteiger partial charge on any atom is 0.273 e. The lowest BCUT2D eigenvalue weighted by Gasteiger charge is -2.43. The number of amides is 1. The third-order valence-electron chi connectivity index (χ3n) is 5.73. The Bertz CT molecular complexity index is 786. The van der Waals surface area contributed by atoms with Crippen molar-refractivity contribution in [2.45, 2.75) is 51.5 Å². The van der Waals surface area contributed by atoms with E-state index in [1.165, 1.54) is 37.0 Å². The van der Waals surface area contributed by atoms with Crippen LogP contribution in [-0.2, 0) is 0 Å². The molecule has 2 aromatic rings. The van der Waals surface area contributed by atoms with Crippen molar-refractivity contribution in [2.24, 2.45) is 5.92 Å². The van der Waals surface area contributed by atoms with Crippen molar-refractivity contribution >= 4 is 28.8 Å². The molecule has 1 aromatic carbocycles. The zero-order valence-electron chi connectivity index (χ0n) is 14.5. The van der Waals surface area contributed by atoms with Crippen LogP contribution in [0.4, 0.5) is 0 Å². The van der Waals surface area contributed by atoms with E-state index in [2.05, 4.69) is 9.88 Å². The van der Waals surface area contributed by atoms with Crippen molar-refractivity contribution in [3.8, 4) is 10.6 Å². The predicted molar refractivity (Wildman–Crippen MR) is 103 cm³/mol. The third kappa shape index (κ3) is 3.22. The molecular formula is C20H23ClN2OS. The molecule has 0 spiro atoms. The number of thiazole rings is 1. The smallest absolute Gasteiger partial charge is 0.273 e. The van der Waals surface area contributed by atoms with Gasteiger partial charge in [-0.3, -0.25) is 4.79 Å². The molecule has 1 saturated heterocycles. The van der Waals surface area contributed by atoms with E-state index in [0.29, 0.717) is 17.7 Å². The molecule has 25 heavy (non-hydrogen) atoms. The van der Waals surface area contributed by atoms with Crippen molar-refractivity contribution in [2.75, 3.05) is 6.54 Å². The van der Waals surface area contributed by atoms with E-state index in [0.717, 1.165) is 40.5 Å². The molecule has 2 fully saturated rings. The van der Waals surface area contributed by atoms with Gasteiger partial charge in [0.1, 0.15) is 10.7 Å². The van der Waals surface area contributed by atoms with Crippen molar-refractivity contribution < 1.29 is 4.79 Å². The highest BCUT2D eigenvalue weighted by atomic mass is 35.5. The number of likely N-dealkylation sites (tertiary alicyclic amines) is 1. The molecule has 4 rings (SSSR count). The molecule has 1 aliphatic carbocycles. The van der Waals surface area contributed by atoms with Crippen molar-refractivity contribution in [1.82, 2.24) is 9.88 Å². The average molecular weight is 375 g/mol. The van der Waals surface area contributed by atoms with Gasteiger partial charge in [-0.15, -0.1) is 11.3 Å². The number of halogens is 1. The second kappa shape index (κ2) is 7.08. The van der Waals surface area contributed by atoms with Gasteiger partial charge >= 0.3 is 0 Å². The molecule has 5 heteroatoms. The summed E-state index contributed by atoms with van der Waals surface area (Å²) >= 11 is 7.76. The fourth-order valence-electron chi connectivity index (χ4n) is 4.36. The molecule has 132 valence electrons. The number of piperidine rings is 1. The van der Waals surface area contributed by atoms with E-state index in [1.54, 1.807) is 0 Å². The predicted octanol–water partition coefficient (Wildman–Crippen LogP) is 5.57. The summed E-state index contributed by atoms with van der Waals surface area (Å²) in [5.41, 5.74) is 2.62. The fourth-order valence-corrected chi connectivity index (χ4v) is 5.41. The minimum atomic E-state index is 0.110. The van der Waals surface area contributed by atoms with Gasteiger partial charge in [0.2, 0.25) is 0 Å². The van der Waals surface area contributed by atoms with E-state index < -0.39 is 0 Å². The second-order valence-electron chi connectivity index (χ2n) is 7.20. The highest BCUT2D eigenvalue weighted by Gasteiger charge is 2.36. The Hall–Kier alpha value is -1.39. The third-order valence-corrected chi connectivity index (χ3v) is 7.01. The summed E-state index contributed by atoms with van der Waals surface area (Å²) in [6, 6.07) is 6.27. The van der Waals surface area contributed by atoms with Gasteiger partial charge < -0.3 is 4.90 Å². The molecule has 2 unspecified atom stereocenters. The van der Waals surface area contributed by atoms with E-state index in [9.17, 15) is 4.79 Å². The van der Waals surface area contributed by atoms with Gasteiger partial charge in [-0.25, -0.2) is 4.98 Å². The number of carbonyl (C=O) groups excluding carboxylic acids is 1. The zero-order chi connectivity index (χ0) is 17.4. The van der Waals surface area contributed by atoms with E-state index in [1.807, 2.05) is 30.5 Å². The summed E-state index contributed by atoms with van der Waals surface area (Å²) in [5.74, 6) is 0.804.